The molecular formula is C29H34N2O3. The van der Waals surface area contributed by atoms with Crippen molar-refractivity contribution in [2.45, 2.75) is 50.1 Å². The average molecular weight is 459 g/mol. The van der Waals surface area contributed by atoms with E-state index < -0.39 is 0 Å². The van der Waals surface area contributed by atoms with E-state index in [9.17, 15) is 9.90 Å². The highest BCUT2D eigenvalue weighted by atomic mass is 16.5. The van der Waals surface area contributed by atoms with Crippen molar-refractivity contribution in [3.8, 4) is 17.6 Å². The second-order valence-electron chi connectivity index (χ2n) is 9.77. The van der Waals surface area contributed by atoms with Crippen LogP contribution in [-0.2, 0) is 4.79 Å². The van der Waals surface area contributed by atoms with Crippen molar-refractivity contribution in [2.24, 2.45) is 5.92 Å². The third kappa shape index (κ3) is 4.45. The number of ether oxygens (including phenoxy) is 1. The molecule has 34 heavy (non-hydrogen) atoms. The normalized spacial score (nSPS) is 25.0. The smallest absolute Gasteiger partial charge is 0.225 e. The summed E-state index contributed by atoms with van der Waals surface area (Å²) in [6.07, 6.45) is 5.39. The fourth-order valence-corrected chi connectivity index (χ4v) is 5.73. The van der Waals surface area contributed by atoms with E-state index in [2.05, 4.69) is 45.9 Å². The molecule has 5 rings (SSSR count). The number of benzene rings is 2. The number of rotatable bonds is 4. The zero-order chi connectivity index (χ0) is 23.5. The Bertz CT molecular complexity index is 1070. The number of hydrogen-bond acceptors (Lipinski definition) is 4. The minimum absolute atomic E-state index is 0.120. The van der Waals surface area contributed by atoms with Gasteiger partial charge in [0.2, 0.25) is 5.91 Å². The number of aliphatic hydroxyl groups excluding tert-OH is 1. The lowest BCUT2D eigenvalue weighted by Gasteiger charge is -2.57. The highest BCUT2D eigenvalue weighted by molar-refractivity contribution is 5.79. The predicted octanol–water partition coefficient (Wildman–Crippen LogP) is 3.65. The van der Waals surface area contributed by atoms with E-state index in [1.807, 2.05) is 24.3 Å². The molecule has 0 spiro atoms. The molecule has 5 nitrogen and oxygen atoms in total. The maximum absolute atomic E-state index is 13.0. The van der Waals surface area contributed by atoms with Crippen LogP contribution in [0.4, 0.5) is 0 Å². The molecule has 0 aromatic heterocycles. The van der Waals surface area contributed by atoms with E-state index in [4.69, 9.17) is 4.74 Å². The summed E-state index contributed by atoms with van der Waals surface area (Å²) in [4.78, 5) is 17.6. The van der Waals surface area contributed by atoms with Gasteiger partial charge in [0.25, 0.3) is 0 Å². The average Bonchev–Trinajstić information content (AvgIpc) is 2.81. The molecule has 2 aromatic rings. The topological polar surface area (TPSA) is 53.0 Å². The van der Waals surface area contributed by atoms with Gasteiger partial charge in [-0.1, -0.05) is 42.5 Å². The number of carbonyl (C=O) groups is 1. The Balaban J connectivity index is 1.33. The van der Waals surface area contributed by atoms with Gasteiger partial charge in [0.1, 0.15) is 5.75 Å². The molecule has 1 aliphatic carbocycles. The van der Waals surface area contributed by atoms with Crippen molar-refractivity contribution in [2.75, 3.05) is 33.4 Å². The Morgan fingerprint density at radius 3 is 2.50 bits per heavy atom. The van der Waals surface area contributed by atoms with Gasteiger partial charge in [-0.2, -0.15) is 0 Å². The summed E-state index contributed by atoms with van der Waals surface area (Å²) in [5, 5.41) is 10.2. The molecule has 1 amide bonds. The molecule has 0 unspecified atom stereocenters. The third-order valence-electron chi connectivity index (χ3n) is 7.88. The Hall–Kier alpha value is -2.81. The maximum Gasteiger partial charge on any atom is 0.225 e. The first-order chi connectivity index (χ1) is 16.7. The molecule has 2 saturated heterocycles. The number of fused-ring (bicyclic) bond motifs is 1. The highest BCUT2D eigenvalue weighted by Gasteiger charge is 2.49. The minimum atomic E-state index is 0.120. The van der Waals surface area contributed by atoms with Crippen molar-refractivity contribution in [3.63, 3.8) is 0 Å². The van der Waals surface area contributed by atoms with Crippen molar-refractivity contribution in [1.82, 2.24) is 9.80 Å². The third-order valence-corrected chi connectivity index (χ3v) is 7.88. The van der Waals surface area contributed by atoms with Gasteiger partial charge in [-0.3, -0.25) is 9.69 Å². The number of para-hydroxylation sites is 1. The zero-order valence-corrected chi connectivity index (χ0v) is 20.0. The molecule has 1 N–H and O–H groups in total. The van der Waals surface area contributed by atoms with E-state index in [0.29, 0.717) is 5.91 Å². The summed E-state index contributed by atoms with van der Waals surface area (Å²) in [5.41, 5.74) is 3.04. The molecule has 3 atom stereocenters. The van der Waals surface area contributed by atoms with Gasteiger partial charge in [-0.05, 0) is 62.1 Å². The van der Waals surface area contributed by atoms with E-state index in [-0.39, 0.29) is 30.5 Å². The summed E-state index contributed by atoms with van der Waals surface area (Å²) < 4.78 is 5.39. The van der Waals surface area contributed by atoms with Crippen LogP contribution in [0.15, 0.2) is 48.5 Å². The monoisotopic (exact) mass is 458 g/mol. The first kappa shape index (κ1) is 23.0. The van der Waals surface area contributed by atoms with Crippen molar-refractivity contribution >= 4 is 5.91 Å². The fourth-order valence-electron chi connectivity index (χ4n) is 5.73. The van der Waals surface area contributed by atoms with Crippen LogP contribution in [0.25, 0.3) is 0 Å². The second-order valence-corrected chi connectivity index (χ2v) is 9.77. The van der Waals surface area contributed by atoms with Crippen LogP contribution >= 0.6 is 0 Å². The number of amides is 1. The van der Waals surface area contributed by atoms with Crippen LogP contribution in [0.3, 0.4) is 0 Å². The van der Waals surface area contributed by atoms with Gasteiger partial charge in [-0.25, -0.2) is 0 Å². The molecule has 2 heterocycles. The van der Waals surface area contributed by atoms with E-state index in [0.717, 1.165) is 62.2 Å². The van der Waals surface area contributed by atoms with Gasteiger partial charge >= 0.3 is 0 Å². The van der Waals surface area contributed by atoms with Gasteiger partial charge < -0.3 is 14.7 Å². The fraction of sp³-hybridized carbons (Fsp3) is 0.483. The van der Waals surface area contributed by atoms with Gasteiger partial charge in [0.05, 0.1) is 19.3 Å². The van der Waals surface area contributed by atoms with Crippen LogP contribution in [0.1, 0.15) is 54.7 Å². The van der Waals surface area contributed by atoms with Crippen LogP contribution < -0.4 is 4.74 Å². The van der Waals surface area contributed by atoms with E-state index in [1.165, 1.54) is 12.0 Å². The van der Waals surface area contributed by atoms with Crippen LogP contribution in [-0.4, -0.2) is 66.2 Å². The highest BCUT2D eigenvalue weighted by Crippen LogP contribution is 2.42. The summed E-state index contributed by atoms with van der Waals surface area (Å²) in [5.74, 6) is 8.05. The first-order valence-electron chi connectivity index (χ1n) is 12.6. The Morgan fingerprint density at radius 2 is 1.79 bits per heavy atom. The summed E-state index contributed by atoms with van der Waals surface area (Å²) in [6, 6.07) is 16.6. The molecule has 1 saturated carbocycles. The molecular weight excluding hydrogens is 424 g/mol. The Morgan fingerprint density at radius 1 is 1.03 bits per heavy atom. The molecule has 2 aromatic carbocycles. The Kier molecular flexibility index (Phi) is 6.89. The van der Waals surface area contributed by atoms with E-state index >= 15 is 0 Å². The molecule has 3 aliphatic rings. The molecule has 0 radical (unpaired) electrons. The summed E-state index contributed by atoms with van der Waals surface area (Å²) >= 11 is 0. The SMILES string of the molecule is COc1ccccc1C#Cc1ccc([C@H]2[C@@H](CO)N3CCCCN(C(=O)C4CCC4)C[C@@H]23)cc1. The summed E-state index contributed by atoms with van der Waals surface area (Å²) in [7, 11) is 1.66. The maximum atomic E-state index is 13.0. The lowest BCUT2D eigenvalue weighted by atomic mass is 9.74. The lowest BCUT2D eigenvalue weighted by Crippen LogP contribution is -2.68. The van der Waals surface area contributed by atoms with Crippen molar-refractivity contribution < 1.29 is 14.6 Å². The number of aliphatic hydroxyl groups is 1. The predicted molar refractivity (Wildman–Crippen MR) is 133 cm³/mol. The van der Waals surface area contributed by atoms with Crippen molar-refractivity contribution in [3.05, 3.63) is 65.2 Å². The Labute approximate surface area is 202 Å². The standard InChI is InChI=1S/C29H34N2O3/c1-34-27-10-3-2-7-22(27)14-11-21-12-15-23(16-13-21)28-25-19-30(29(33)24-8-6-9-24)17-4-5-18-31(25)26(28)20-32/h2-3,7,10,12-13,15-16,24-26,28,32H,4-6,8-9,17-20H2,1H3/t25-,26+,28+/m0/s1. The molecule has 178 valence electrons. The largest absolute Gasteiger partial charge is 0.495 e. The van der Waals surface area contributed by atoms with Gasteiger partial charge in [0, 0.05) is 42.6 Å². The summed E-state index contributed by atoms with van der Waals surface area (Å²) in [6.45, 7) is 2.78. The van der Waals surface area contributed by atoms with Crippen LogP contribution in [0, 0.1) is 17.8 Å². The van der Waals surface area contributed by atoms with Gasteiger partial charge in [-0.15, -0.1) is 0 Å². The van der Waals surface area contributed by atoms with Crippen molar-refractivity contribution in [1.29, 1.82) is 0 Å². The number of hydrogen-bond donors (Lipinski definition) is 1. The number of nitrogens with zero attached hydrogens (tertiary/aromatic N) is 2. The van der Waals surface area contributed by atoms with Crippen LogP contribution in [0.2, 0.25) is 0 Å². The zero-order valence-electron chi connectivity index (χ0n) is 20.0. The van der Waals surface area contributed by atoms with Crippen LogP contribution in [0.5, 0.6) is 5.75 Å². The quantitative estimate of drug-likeness (QED) is 0.711. The molecule has 0 bridgehead atoms. The lowest BCUT2D eigenvalue weighted by molar-refractivity contribution is -0.143. The number of carbonyl (C=O) groups excluding carboxylic acids is 1. The molecule has 3 fully saturated rings. The second kappa shape index (κ2) is 10.2. The number of methoxy groups -OCH3 is 1. The minimum Gasteiger partial charge on any atom is -0.495 e. The van der Waals surface area contributed by atoms with E-state index in [1.54, 1.807) is 7.11 Å². The molecule has 5 heteroatoms. The molecule has 2 aliphatic heterocycles. The first-order valence-corrected chi connectivity index (χ1v) is 12.6. The van der Waals surface area contributed by atoms with Gasteiger partial charge in [0.15, 0.2) is 0 Å².